The fourth-order valence-corrected chi connectivity index (χ4v) is 4.47. The predicted molar refractivity (Wildman–Crippen MR) is 167 cm³/mol. The summed E-state index contributed by atoms with van der Waals surface area (Å²) in [6.07, 6.45) is 11.4. The monoisotopic (exact) mass is 536 g/mol. The minimum Gasteiger partial charge on any atom is -0.444 e. The quantitative estimate of drug-likeness (QED) is 0.405. The Balaban J connectivity index is 0.000000735. The maximum absolute atomic E-state index is 12.5. The van der Waals surface area contributed by atoms with Crippen LogP contribution in [0.1, 0.15) is 72.6 Å². The molecule has 1 fully saturated rings. The van der Waals surface area contributed by atoms with Crippen LogP contribution in [-0.4, -0.2) is 66.2 Å². The Hall–Kier alpha value is -3.25. The Morgan fingerprint density at radius 1 is 1.15 bits per heavy atom. The Morgan fingerprint density at radius 2 is 1.77 bits per heavy atom. The van der Waals surface area contributed by atoms with E-state index in [0.717, 1.165) is 19.6 Å². The van der Waals surface area contributed by atoms with Crippen molar-refractivity contribution < 1.29 is 9.53 Å². The lowest BCUT2D eigenvalue weighted by molar-refractivity contribution is 0.0118. The molecule has 1 heterocycles. The smallest absolute Gasteiger partial charge is 0.410 e. The van der Waals surface area contributed by atoms with Gasteiger partial charge in [-0.3, -0.25) is 4.90 Å². The molecule has 1 aromatic rings. The van der Waals surface area contributed by atoms with Crippen molar-refractivity contribution in [2.75, 3.05) is 39.8 Å². The predicted octanol–water partition coefficient (Wildman–Crippen LogP) is 7.15. The summed E-state index contributed by atoms with van der Waals surface area (Å²) in [7, 11) is 1.98. The Labute approximate surface area is 238 Å². The van der Waals surface area contributed by atoms with Crippen LogP contribution in [-0.2, 0) is 4.74 Å². The maximum atomic E-state index is 12.5. The first-order valence-electron chi connectivity index (χ1n) is 14.1. The molecule has 1 atom stereocenters. The van der Waals surface area contributed by atoms with Crippen LogP contribution in [0.25, 0.3) is 5.57 Å². The molecular weight excluding hydrogens is 484 g/mol. The average Bonchev–Trinajstić information content (AvgIpc) is 3.02. The molecule has 0 radical (unpaired) electrons. The number of carbonyl (C=O) groups is 1. The molecule has 0 saturated carbocycles. The zero-order valence-electron chi connectivity index (χ0n) is 25.8. The van der Waals surface area contributed by atoms with Crippen molar-refractivity contribution in [3.05, 3.63) is 89.8 Å². The van der Waals surface area contributed by atoms with Crippen molar-refractivity contribution in [3.8, 4) is 0 Å². The standard InChI is InChI=1S/C26H34N2O2.C5H12N2.C2H6/c1-7-8-11-21-18-19(2)22-12-9-10-13-23(22)24(20(21)3)27-14-16-28(17-15-27)25(29)30-26(4,5)6;1-3-7(2)5-4-6;1-2/h7-13,18,24H,1,14-17H2,2-6H3;4-5H,3,6H2,1-2H3;1-2H3/b11-8-;5-4-;. The Morgan fingerprint density at radius 3 is 2.28 bits per heavy atom. The van der Waals surface area contributed by atoms with Gasteiger partial charge < -0.3 is 20.3 Å². The second-order valence-corrected chi connectivity index (χ2v) is 10.5. The molecule has 216 valence electrons. The van der Waals surface area contributed by atoms with Gasteiger partial charge in [-0.15, -0.1) is 0 Å². The van der Waals surface area contributed by atoms with E-state index in [2.05, 4.69) is 68.7 Å². The number of carbonyl (C=O) groups excluding carboxylic acids is 1. The summed E-state index contributed by atoms with van der Waals surface area (Å²) in [6.45, 7) is 24.0. The lowest BCUT2D eigenvalue weighted by Gasteiger charge is -2.40. The summed E-state index contributed by atoms with van der Waals surface area (Å²) < 4.78 is 5.56. The lowest BCUT2D eigenvalue weighted by atomic mass is 9.91. The first-order valence-corrected chi connectivity index (χ1v) is 14.1. The fraction of sp³-hybridized carbons (Fsp3) is 0.485. The van der Waals surface area contributed by atoms with Crippen molar-refractivity contribution >= 4 is 11.7 Å². The van der Waals surface area contributed by atoms with E-state index in [1.807, 2.05) is 69.8 Å². The highest BCUT2D eigenvalue weighted by atomic mass is 16.6. The normalized spacial score (nSPS) is 17.8. The summed E-state index contributed by atoms with van der Waals surface area (Å²) >= 11 is 0. The lowest BCUT2D eigenvalue weighted by Crippen LogP contribution is -2.51. The summed E-state index contributed by atoms with van der Waals surface area (Å²) in [6, 6.07) is 8.85. The molecule has 0 bridgehead atoms. The SMILES string of the molecule is C=C/C=C\C1=C(C)C(N2CCN(C(=O)OC(C)(C)C)CC2)c2ccccc2C(C)=C1.CC.CCN(C)/C=C\N. The van der Waals surface area contributed by atoms with Crippen molar-refractivity contribution in [3.63, 3.8) is 0 Å². The molecular formula is C33H52N4O2. The average molecular weight is 537 g/mol. The number of allylic oxidation sites excluding steroid dienone is 6. The molecule has 1 amide bonds. The van der Waals surface area contributed by atoms with Gasteiger partial charge in [0.1, 0.15) is 5.60 Å². The van der Waals surface area contributed by atoms with Crippen molar-refractivity contribution in [1.82, 2.24) is 14.7 Å². The molecule has 1 aromatic carbocycles. The van der Waals surface area contributed by atoms with Gasteiger partial charge in [0.05, 0.1) is 6.04 Å². The summed E-state index contributed by atoms with van der Waals surface area (Å²) in [4.78, 5) is 18.8. The van der Waals surface area contributed by atoms with E-state index < -0.39 is 5.60 Å². The highest BCUT2D eigenvalue weighted by Crippen LogP contribution is 2.39. The van der Waals surface area contributed by atoms with Crippen LogP contribution in [0.4, 0.5) is 4.79 Å². The van der Waals surface area contributed by atoms with Gasteiger partial charge in [0.25, 0.3) is 0 Å². The number of hydrogen-bond acceptors (Lipinski definition) is 5. The third-order valence-corrected chi connectivity index (χ3v) is 6.50. The third kappa shape index (κ3) is 10.4. The van der Waals surface area contributed by atoms with Crippen LogP contribution in [0.3, 0.4) is 0 Å². The first-order chi connectivity index (χ1) is 18.5. The highest BCUT2D eigenvalue weighted by molar-refractivity contribution is 5.73. The summed E-state index contributed by atoms with van der Waals surface area (Å²) in [5.41, 5.74) is 11.0. The second-order valence-electron chi connectivity index (χ2n) is 10.5. The van der Waals surface area contributed by atoms with Crippen LogP contribution in [0, 0.1) is 0 Å². The number of piperazine rings is 1. The number of fused-ring (bicyclic) bond motifs is 1. The number of ether oxygens (including phenoxy) is 1. The molecule has 1 saturated heterocycles. The van der Waals surface area contributed by atoms with Gasteiger partial charge in [-0.25, -0.2) is 4.79 Å². The van der Waals surface area contributed by atoms with E-state index in [0.29, 0.717) is 13.1 Å². The van der Waals surface area contributed by atoms with E-state index >= 15 is 0 Å². The molecule has 2 N–H and O–H groups in total. The van der Waals surface area contributed by atoms with Gasteiger partial charge in [0.2, 0.25) is 0 Å². The number of nitrogens with two attached hydrogens (primary N) is 1. The minimum absolute atomic E-state index is 0.181. The summed E-state index contributed by atoms with van der Waals surface area (Å²) in [5, 5.41) is 0. The highest BCUT2D eigenvalue weighted by Gasteiger charge is 2.32. The topological polar surface area (TPSA) is 62.0 Å². The maximum Gasteiger partial charge on any atom is 0.410 e. The number of benzene rings is 1. The third-order valence-electron chi connectivity index (χ3n) is 6.50. The van der Waals surface area contributed by atoms with Crippen LogP contribution < -0.4 is 5.73 Å². The largest absolute Gasteiger partial charge is 0.444 e. The van der Waals surface area contributed by atoms with Gasteiger partial charge in [-0.05, 0) is 69.4 Å². The summed E-state index contributed by atoms with van der Waals surface area (Å²) in [5.74, 6) is 0. The fourth-order valence-electron chi connectivity index (χ4n) is 4.47. The van der Waals surface area contributed by atoms with Gasteiger partial charge in [-0.2, -0.15) is 0 Å². The molecule has 1 aliphatic carbocycles. The van der Waals surface area contributed by atoms with Crippen LogP contribution in [0.2, 0.25) is 0 Å². The van der Waals surface area contributed by atoms with Crippen molar-refractivity contribution in [2.24, 2.45) is 5.73 Å². The Kier molecular flexibility index (Phi) is 14.4. The molecule has 6 heteroatoms. The first kappa shape index (κ1) is 33.8. The van der Waals surface area contributed by atoms with E-state index in [1.165, 1.54) is 34.0 Å². The van der Waals surface area contributed by atoms with Gasteiger partial charge in [0.15, 0.2) is 0 Å². The zero-order valence-corrected chi connectivity index (χ0v) is 25.8. The van der Waals surface area contributed by atoms with Crippen molar-refractivity contribution in [2.45, 2.75) is 67.0 Å². The molecule has 1 unspecified atom stereocenters. The van der Waals surface area contributed by atoms with Gasteiger partial charge in [0, 0.05) is 52.2 Å². The van der Waals surface area contributed by atoms with E-state index in [9.17, 15) is 4.79 Å². The number of amides is 1. The number of nitrogens with zero attached hydrogens (tertiary/aromatic N) is 3. The van der Waals surface area contributed by atoms with Crippen LogP contribution in [0.5, 0.6) is 0 Å². The minimum atomic E-state index is -0.469. The van der Waals surface area contributed by atoms with E-state index in [4.69, 9.17) is 10.5 Å². The van der Waals surface area contributed by atoms with E-state index in [-0.39, 0.29) is 12.1 Å². The Bertz CT molecular complexity index is 1040. The number of rotatable bonds is 5. The molecule has 39 heavy (non-hydrogen) atoms. The molecule has 3 rings (SSSR count). The molecule has 0 spiro atoms. The zero-order chi connectivity index (χ0) is 29.6. The van der Waals surface area contributed by atoms with Crippen molar-refractivity contribution in [1.29, 1.82) is 0 Å². The molecule has 1 aliphatic heterocycles. The second kappa shape index (κ2) is 16.7. The molecule has 0 aromatic heterocycles. The van der Waals surface area contributed by atoms with Crippen LogP contribution in [0.15, 0.2) is 78.7 Å². The number of hydrogen-bond donors (Lipinski definition) is 1. The molecule has 2 aliphatic rings. The van der Waals surface area contributed by atoms with Gasteiger partial charge >= 0.3 is 6.09 Å². The van der Waals surface area contributed by atoms with Crippen LogP contribution >= 0.6 is 0 Å². The van der Waals surface area contributed by atoms with E-state index in [1.54, 1.807) is 0 Å². The molecule has 6 nitrogen and oxygen atoms in total. The van der Waals surface area contributed by atoms with Gasteiger partial charge in [-0.1, -0.05) is 69.0 Å².